The fraction of sp³-hybridized carbons (Fsp3) is 0.0714. The zero-order chi connectivity index (χ0) is 14.0. The van der Waals surface area contributed by atoms with E-state index in [1.807, 2.05) is 6.92 Å². The maximum atomic E-state index is 8.89. The van der Waals surface area contributed by atoms with Crippen molar-refractivity contribution in [2.45, 2.75) is 6.92 Å². The van der Waals surface area contributed by atoms with Gasteiger partial charge in [0.25, 0.3) is 0 Å². The van der Waals surface area contributed by atoms with Gasteiger partial charge in [0.15, 0.2) is 5.75 Å². The Bertz CT molecular complexity index is 655. The summed E-state index contributed by atoms with van der Waals surface area (Å²) in [6.45, 7) is 1.87. The summed E-state index contributed by atoms with van der Waals surface area (Å²) >= 11 is 12.1. The fourth-order valence-corrected chi connectivity index (χ4v) is 2.15. The zero-order valence-electron chi connectivity index (χ0n) is 10.1. The van der Waals surface area contributed by atoms with Crippen molar-refractivity contribution in [3.8, 4) is 17.6 Å². The van der Waals surface area contributed by atoms with Gasteiger partial charge in [-0.15, -0.1) is 0 Å². The molecule has 0 spiro atoms. The summed E-state index contributed by atoms with van der Waals surface area (Å²) in [7, 11) is 0. The number of aryl methyl sites for hydroxylation is 1. The molecule has 2 rings (SSSR count). The average Bonchev–Trinajstić information content (AvgIpc) is 2.35. The second kappa shape index (κ2) is 5.40. The second-order valence-electron chi connectivity index (χ2n) is 4.01. The molecule has 2 aromatic rings. The Morgan fingerprint density at radius 2 is 1.79 bits per heavy atom. The molecule has 2 N–H and O–H groups in total. The van der Waals surface area contributed by atoms with Crippen molar-refractivity contribution in [1.29, 1.82) is 5.26 Å². The van der Waals surface area contributed by atoms with Crippen LogP contribution in [0.15, 0.2) is 30.3 Å². The molecule has 5 heteroatoms. The van der Waals surface area contributed by atoms with Gasteiger partial charge in [0, 0.05) is 5.69 Å². The number of halogens is 2. The Morgan fingerprint density at radius 1 is 1.16 bits per heavy atom. The highest BCUT2D eigenvalue weighted by molar-refractivity contribution is 6.37. The van der Waals surface area contributed by atoms with Crippen LogP contribution >= 0.6 is 23.2 Å². The lowest BCUT2D eigenvalue weighted by Gasteiger charge is -2.12. The van der Waals surface area contributed by atoms with Crippen molar-refractivity contribution in [2.24, 2.45) is 0 Å². The molecular formula is C14H10Cl2N2O. The zero-order valence-corrected chi connectivity index (χ0v) is 11.6. The lowest BCUT2D eigenvalue weighted by atomic mass is 10.1. The Morgan fingerprint density at radius 3 is 2.37 bits per heavy atom. The normalized spacial score (nSPS) is 10.0. The number of hydrogen-bond donors (Lipinski definition) is 1. The molecule has 0 heterocycles. The molecule has 0 radical (unpaired) electrons. The molecule has 0 aliphatic carbocycles. The van der Waals surface area contributed by atoms with Crippen LogP contribution in [0.2, 0.25) is 10.0 Å². The minimum absolute atomic E-state index is 0.326. The maximum Gasteiger partial charge on any atom is 0.164 e. The van der Waals surface area contributed by atoms with Crippen molar-refractivity contribution >= 4 is 28.9 Å². The van der Waals surface area contributed by atoms with Gasteiger partial charge in [-0.05, 0) is 36.8 Å². The third-order valence-corrected chi connectivity index (χ3v) is 3.11. The van der Waals surface area contributed by atoms with Gasteiger partial charge in [-0.1, -0.05) is 29.3 Å². The van der Waals surface area contributed by atoms with Crippen LogP contribution in [0.5, 0.6) is 11.5 Å². The van der Waals surface area contributed by atoms with Gasteiger partial charge in [0.2, 0.25) is 0 Å². The molecule has 0 aromatic heterocycles. The molecular weight excluding hydrogens is 283 g/mol. The number of hydrogen-bond acceptors (Lipinski definition) is 3. The van der Waals surface area contributed by atoms with Crippen LogP contribution in [0.25, 0.3) is 0 Å². The van der Waals surface area contributed by atoms with E-state index in [0.29, 0.717) is 32.8 Å². The molecule has 0 bridgehead atoms. The Hall–Kier alpha value is -1.89. The molecule has 2 aromatic carbocycles. The molecule has 0 unspecified atom stereocenters. The molecule has 0 atom stereocenters. The lowest BCUT2D eigenvalue weighted by molar-refractivity contribution is 0.479. The average molecular weight is 293 g/mol. The number of nitrogens with zero attached hydrogens (tertiary/aromatic N) is 1. The highest BCUT2D eigenvalue weighted by Gasteiger charge is 2.11. The Labute approximate surface area is 121 Å². The van der Waals surface area contributed by atoms with E-state index in [0.717, 1.165) is 5.56 Å². The van der Waals surface area contributed by atoms with Crippen LogP contribution in [0.3, 0.4) is 0 Å². The van der Waals surface area contributed by atoms with E-state index in [4.69, 9.17) is 38.9 Å². The van der Waals surface area contributed by atoms with Crippen LogP contribution in [-0.4, -0.2) is 0 Å². The largest absolute Gasteiger partial charge is 0.454 e. The number of anilines is 1. The Balaban J connectivity index is 2.45. The van der Waals surface area contributed by atoms with Crippen molar-refractivity contribution < 1.29 is 4.74 Å². The standard InChI is InChI=1S/C14H10Cl2N2O/c1-8-2-3-9(7-17)4-13(8)19-14-11(15)5-10(18)6-12(14)16/h2-6H,18H2,1H3. The Kier molecular flexibility index (Phi) is 3.84. The van der Waals surface area contributed by atoms with Crippen molar-refractivity contribution in [2.75, 3.05) is 5.73 Å². The van der Waals surface area contributed by atoms with E-state index >= 15 is 0 Å². The number of ether oxygens (including phenoxy) is 1. The van der Waals surface area contributed by atoms with E-state index in [1.54, 1.807) is 30.3 Å². The smallest absolute Gasteiger partial charge is 0.164 e. The van der Waals surface area contributed by atoms with Crippen molar-refractivity contribution in [1.82, 2.24) is 0 Å². The quantitative estimate of drug-likeness (QED) is 0.826. The number of rotatable bonds is 2. The highest BCUT2D eigenvalue weighted by Crippen LogP contribution is 2.39. The first-order chi connectivity index (χ1) is 9.01. The van der Waals surface area contributed by atoms with Crippen molar-refractivity contribution in [3.05, 3.63) is 51.5 Å². The van der Waals surface area contributed by atoms with Crippen molar-refractivity contribution in [3.63, 3.8) is 0 Å². The highest BCUT2D eigenvalue weighted by atomic mass is 35.5. The van der Waals surface area contributed by atoms with Crippen LogP contribution in [0.4, 0.5) is 5.69 Å². The maximum absolute atomic E-state index is 8.89. The monoisotopic (exact) mass is 292 g/mol. The van der Waals surface area contributed by atoms with E-state index in [9.17, 15) is 0 Å². The predicted octanol–water partition coefficient (Wildman–Crippen LogP) is 4.55. The predicted molar refractivity (Wildman–Crippen MR) is 76.8 cm³/mol. The first-order valence-electron chi connectivity index (χ1n) is 5.44. The van der Waals surface area contributed by atoms with E-state index in [2.05, 4.69) is 6.07 Å². The lowest BCUT2D eigenvalue weighted by Crippen LogP contribution is -1.92. The van der Waals surface area contributed by atoms with E-state index in [1.165, 1.54) is 0 Å². The minimum atomic E-state index is 0.326. The summed E-state index contributed by atoms with van der Waals surface area (Å²) < 4.78 is 5.70. The topological polar surface area (TPSA) is 59.0 Å². The van der Waals surface area contributed by atoms with Crippen LogP contribution in [0, 0.1) is 18.3 Å². The molecule has 0 saturated carbocycles. The van der Waals surface area contributed by atoms with Gasteiger partial charge < -0.3 is 10.5 Å². The molecule has 19 heavy (non-hydrogen) atoms. The van der Waals surface area contributed by atoms with Gasteiger partial charge in [0.1, 0.15) is 5.75 Å². The minimum Gasteiger partial charge on any atom is -0.454 e. The third-order valence-electron chi connectivity index (χ3n) is 2.55. The number of nitriles is 1. The van der Waals surface area contributed by atoms with Crippen LogP contribution in [0.1, 0.15) is 11.1 Å². The summed E-state index contributed by atoms with van der Waals surface area (Å²) in [6, 6.07) is 10.3. The number of nitrogens with two attached hydrogens (primary N) is 1. The van der Waals surface area contributed by atoms with Gasteiger partial charge in [-0.25, -0.2) is 0 Å². The van der Waals surface area contributed by atoms with Crippen LogP contribution in [-0.2, 0) is 0 Å². The first kappa shape index (κ1) is 13.5. The summed E-state index contributed by atoms with van der Waals surface area (Å²) in [4.78, 5) is 0. The molecule has 0 fully saturated rings. The molecule has 3 nitrogen and oxygen atoms in total. The van der Waals surface area contributed by atoms with Crippen LogP contribution < -0.4 is 10.5 Å². The van der Waals surface area contributed by atoms with Gasteiger partial charge in [-0.3, -0.25) is 0 Å². The number of nitrogen functional groups attached to an aromatic ring is 1. The van der Waals surface area contributed by atoms with Gasteiger partial charge in [-0.2, -0.15) is 5.26 Å². The summed E-state index contributed by atoms with van der Waals surface area (Å²) in [5.74, 6) is 0.864. The molecule has 0 aliphatic rings. The van der Waals surface area contributed by atoms with Gasteiger partial charge in [0.05, 0.1) is 21.7 Å². The molecule has 0 aliphatic heterocycles. The SMILES string of the molecule is Cc1ccc(C#N)cc1Oc1c(Cl)cc(N)cc1Cl. The summed E-state index contributed by atoms with van der Waals surface area (Å²) in [5, 5.41) is 9.54. The summed E-state index contributed by atoms with van der Waals surface area (Å²) in [5.41, 5.74) is 7.47. The first-order valence-corrected chi connectivity index (χ1v) is 6.20. The van der Waals surface area contributed by atoms with E-state index < -0.39 is 0 Å². The molecule has 0 amide bonds. The third kappa shape index (κ3) is 2.93. The fourth-order valence-electron chi connectivity index (χ4n) is 1.57. The molecule has 96 valence electrons. The van der Waals surface area contributed by atoms with E-state index in [-0.39, 0.29) is 0 Å². The number of benzene rings is 2. The summed E-state index contributed by atoms with van der Waals surface area (Å²) in [6.07, 6.45) is 0. The second-order valence-corrected chi connectivity index (χ2v) is 4.82. The molecule has 0 saturated heterocycles. The van der Waals surface area contributed by atoms with Gasteiger partial charge >= 0.3 is 0 Å².